The Balaban J connectivity index is 2.39. The molecule has 0 aliphatic rings. The number of nitrogens with zero attached hydrogens (tertiary/aromatic N) is 2. The summed E-state index contributed by atoms with van der Waals surface area (Å²) in [7, 11) is 0. The maximum absolute atomic E-state index is 10.9. The number of benzene rings is 1. The summed E-state index contributed by atoms with van der Waals surface area (Å²) in [6, 6.07) is 7.85. The van der Waals surface area contributed by atoms with Crippen LogP contribution in [0.1, 0.15) is 23.0 Å². The molecule has 0 spiro atoms. The fraction of sp³-hybridized carbons (Fsp3) is 0.167. The second-order valence-electron chi connectivity index (χ2n) is 3.60. The molecule has 0 saturated carbocycles. The van der Waals surface area contributed by atoms with Gasteiger partial charge < -0.3 is 5.11 Å². The molecule has 1 aromatic heterocycles. The molecular formula is C12H11BrN2O2. The van der Waals surface area contributed by atoms with Crippen LogP contribution in [0.5, 0.6) is 0 Å². The summed E-state index contributed by atoms with van der Waals surface area (Å²) in [5, 5.41) is 12.9. The van der Waals surface area contributed by atoms with Crippen molar-refractivity contribution in [3.63, 3.8) is 0 Å². The minimum absolute atomic E-state index is 0.0181. The van der Waals surface area contributed by atoms with Gasteiger partial charge in [0, 0.05) is 6.20 Å². The largest absolute Gasteiger partial charge is 0.476 e. The molecule has 0 atom stereocenters. The highest BCUT2D eigenvalue weighted by atomic mass is 79.9. The van der Waals surface area contributed by atoms with Gasteiger partial charge in [-0.1, -0.05) is 19.1 Å². The fourth-order valence-electron chi connectivity index (χ4n) is 1.51. The first-order valence-corrected chi connectivity index (χ1v) is 5.99. The highest BCUT2D eigenvalue weighted by molar-refractivity contribution is 9.10. The molecule has 17 heavy (non-hydrogen) atoms. The van der Waals surface area contributed by atoms with E-state index in [0.717, 1.165) is 12.1 Å². The van der Waals surface area contributed by atoms with E-state index >= 15 is 0 Å². The van der Waals surface area contributed by atoms with E-state index in [2.05, 4.69) is 28.0 Å². The minimum atomic E-state index is -1.04. The fourth-order valence-corrected chi connectivity index (χ4v) is 1.96. The molecule has 1 aromatic carbocycles. The van der Waals surface area contributed by atoms with Gasteiger partial charge in [0.1, 0.15) is 0 Å². The molecule has 0 amide bonds. The molecule has 0 radical (unpaired) electrons. The summed E-state index contributed by atoms with van der Waals surface area (Å²) < 4.78 is 2.03. The number of aryl methyl sites for hydroxylation is 1. The van der Waals surface area contributed by atoms with E-state index in [1.165, 1.54) is 5.56 Å². The first kappa shape index (κ1) is 11.9. The molecule has 2 rings (SSSR count). The van der Waals surface area contributed by atoms with Crippen molar-refractivity contribution in [3.05, 3.63) is 46.2 Å². The number of rotatable bonds is 3. The van der Waals surface area contributed by atoms with E-state index in [9.17, 15) is 4.79 Å². The molecule has 4 nitrogen and oxygen atoms in total. The van der Waals surface area contributed by atoms with Gasteiger partial charge in [0.2, 0.25) is 0 Å². The first-order chi connectivity index (χ1) is 8.11. The monoisotopic (exact) mass is 294 g/mol. The molecule has 0 unspecified atom stereocenters. The van der Waals surface area contributed by atoms with Gasteiger partial charge in [-0.25, -0.2) is 9.48 Å². The van der Waals surface area contributed by atoms with Crippen molar-refractivity contribution < 1.29 is 9.90 Å². The van der Waals surface area contributed by atoms with Gasteiger partial charge in [0.05, 0.1) is 10.2 Å². The van der Waals surface area contributed by atoms with Gasteiger partial charge in [-0.05, 0) is 40.0 Å². The van der Waals surface area contributed by atoms with Gasteiger partial charge in [0.25, 0.3) is 0 Å². The lowest BCUT2D eigenvalue weighted by atomic mass is 10.1. The molecule has 1 N–H and O–H groups in total. The third kappa shape index (κ3) is 2.39. The van der Waals surface area contributed by atoms with E-state index in [4.69, 9.17) is 5.11 Å². The van der Waals surface area contributed by atoms with Crippen LogP contribution >= 0.6 is 15.9 Å². The Kier molecular flexibility index (Phi) is 3.28. The van der Waals surface area contributed by atoms with Crippen molar-refractivity contribution >= 4 is 21.9 Å². The molecule has 0 saturated heterocycles. The SMILES string of the molecule is CCc1ccc(-n2cc(Br)c(C(=O)O)n2)cc1. The van der Waals surface area contributed by atoms with Gasteiger partial charge >= 0.3 is 5.97 Å². The van der Waals surface area contributed by atoms with Crippen LogP contribution in [0.4, 0.5) is 0 Å². The van der Waals surface area contributed by atoms with E-state index in [1.807, 2.05) is 24.3 Å². The van der Waals surface area contributed by atoms with E-state index in [0.29, 0.717) is 4.47 Å². The van der Waals surface area contributed by atoms with Crippen molar-refractivity contribution in [2.45, 2.75) is 13.3 Å². The minimum Gasteiger partial charge on any atom is -0.476 e. The summed E-state index contributed by atoms with van der Waals surface area (Å²) in [5.74, 6) is -1.04. The van der Waals surface area contributed by atoms with Gasteiger partial charge in [-0.15, -0.1) is 0 Å². The molecule has 2 aromatic rings. The Morgan fingerprint density at radius 1 is 1.41 bits per heavy atom. The highest BCUT2D eigenvalue weighted by Gasteiger charge is 2.14. The molecule has 0 bridgehead atoms. The summed E-state index contributed by atoms with van der Waals surface area (Å²) in [4.78, 5) is 10.9. The second kappa shape index (κ2) is 4.71. The smallest absolute Gasteiger partial charge is 0.357 e. The van der Waals surface area contributed by atoms with Gasteiger partial charge in [-0.3, -0.25) is 0 Å². The summed E-state index contributed by atoms with van der Waals surface area (Å²) in [5.41, 5.74) is 2.10. The van der Waals surface area contributed by atoms with Gasteiger partial charge in [-0.2, -0.15) is 5.10 Å². The Bertz CT molecular complexity index is 546. The molecule has 5 heteroatoms. The number of carboxylic acid groups (broad SMARTS) is 1. The Hall–Kier alpha value is -1.62. The highest BCUT2D eigenvalue weighted by Crippen LogP contribution is 2.18. The second-order valence-corrected chi connectivity index (χ2v) is 4.45. The molecule has 1 heterocycles. The molecule has 0 fully saturated rings. The number of aromatic carboxylic acids is 1. The first-order valence-electron chi connectivity index (χ1n) is 5.19. The third-order valence-corrected chi connectivity index (χ3v) is 3.06. The quantitative estimate of drug-likeness (QED) is 0.947. The zero-order chi connectivity index (χ0) is 12.4. The number of aromatic nitrogens is 2. The third-order valence-electron chi connectivity index (χ3n) is 2.48. The summed E-state index contributed by atoms with van der Waals surface area (Å²) in [6.45, 7) is 2.09. The van der Waals surface area contributed by atoms with E-state index < -0.39 is 5.97 Å². The molecule has 0 aliphatic carbocycles. The number of hydrogen-bond donors (Lipinski definition) is 1. The maximum atomic E-state index is 10.9. The van der Waals surface area contributed by atoms with E-state index in [1.54, 1.807) is 10.9 Å². The zero-order valence-electron chi connectivity index (χ0n) is 9.22. The van der Waals surface area contributed by atoms with Crippen LogP contribution in [0.15, 0.2) is 34.9 Å². The van der Waals surface area contributed by atoms with Crippen LogP contribution < -0.4 is 0 Å². The predicted octanol–water partition coefficient (Wildman–Crippen LogP) is 2.90. The van der Waals surface area contributed by atoms with Crippen LogP contribution in [0.2, 0.25) is 0 Å². The lowest BCUT2D eigenvalue weighted by Crippen LogP contribution is -2.01. The maximum Gasteiger partial charge on any atom is 0.357 e. The summed E-state index contributed by atoms with van der Waals surface area (Å²) >= 11 is 3.18. The van der Waals surface area contributed by atoms with Crippen molar-refractivity contribution in [3.8, 4) is 5.69 Å². The van der Waals surface area contributed by atoms with E-state index in [-0.39, 0.29) is 5.69 Å². The topological polar surface area (TPSA) is 55.1 Å². The number of carbonyl (C=O) groups is 1. The van der Waals surface area contributed by atoms with Crippen LogP contribution in [0.25, 0.3) is 5.69 Å². The number of halogens is 1. The average Bonchev–Trinajstić information content (AvgIpc) is 2.71. The number of hydrogen-bond acceptors (Lipinski definition) is 2. The lowest BCUT2D eigenvalue weighted by molar-refractivity contribution is 0.0689. The molecular weight excluding hydrogens is 284 g/mol. The van der Waals surface area contributed by atoms with Crippen molar-refractivity contribution in [2.75, 3.05) is 0 Å². The Morgan fingerprint density at radius 2 is 2.06 bits per heavy atom. The lowest BCUT2D eigenvalue weighted by Gasteiger charge is -2.02. The van der Waals surface area contributed by atoms with Crippen LogP contribution in [0.3, 0.4) is 0 Å². The van der Waals surface area contributed by atoms with Crippen LogP contribution in [0, 0.1) is 0 Å². The molecule has 88 valence electrons. The predicted molar refractivity (Wildman–Crippen MR) is 67.6 cm³/mol. The zero-order valence-corrected chi connectivity index (χ0v) is 10.8. The van der Waals surface area contributed by atoms with Crippen molar-refractivity contribution in [2.24, 2.45) is 0 Å². The summed E-state index contributed by atoms with van der Waals surface area (Å²) in [6.07, 6.45) is 2.62. The van der Waals surface area contributed by atoms with Crippen molar-refractivity contribution in [1.29, 1.82) is 0 Å². The molecule has 0 aliphatic heterocycles. The standard InChI is InChI=1S/C12H11BrN2O2/c1-2-8-3-5-9(6-4-8)15-7-10(13)11(14-15)12(16)17/h3-7H,2H2,1H3,(H,16,17). The van der Waals surface area contributed by atoms with Gasteiger partial charge in [0.15, 0.2) is 5.69 Å². The Morgan fingerprint density at radius 3 is 2.53 bits per heavy atom. The average molecular weight is 295 g/mol. The normalized spacial score (nSPS) is 10.5. The Labute approximate surface area is 107 Å². The van der Waals surface area contributed by atoms with Crippen LogP contribution in [-0.2, 0) is 6.42 Å². The number of carboxylic acids is 1. The van der Waals surface area contributed by atoms with Crippen molar-refractivity contribution in [1.82, 2.24) is 9.78 Å². The van der Waals surface area contributed by atoms with Crippen LogP contribution in [-0.4, -0.2) is 20.9 Å².